The van der Waals surface area contributed by atoms with Crippen LogP contribution >= 0.6 is 0 Å². The zero-order chi connectivity index (χ0) is 28.5. The summed E-state index contributed by atoms with van der Waals surface area (Å²) < 4.78 is 0. The molecule has 0 radical (unpaired) electrons. The Morgan fingerprint density at radius 3 is 0.718 bits per heavy atom. The highest BCUT2D eigenvalue weighted by Gasteiger charge is 2.05. The fraction of sp³-hybridized carbons (Fsp3) is 0.949. The largest absolute Gasteiger partial charge is 0.0741 e. The molecular formula is C39H78. The lowest BCUT2D eigenvalue weighted by atomic mass is 9.93. The van der Waals surface area contributed by atoms with Crippen molar-refractivity contribution >= 4 is 0 Å². The van der Waals surface area contributed by atoms with Gasteiger partial charge in [0.15, 0.2) is 0 Å². The van der Waals surface area contributed by atoms with Gasteiger partial charge in [0.1, 0.15) is 0 Å². The minimum atomic E-state index is 1.37. The summed E-state index contributed by atoms with van der Waals surface area (Å²) in [6.07, 6.45) is 47.7. The lowest BCUT2D eigenvalue weighted by Gasteiger charge is -2.13. The summed E-state index contributed by atoms with van der Waals surface area (Å²) in [5.41, 5.74) is 3.64. The molecule has 0 aromatic rings. The van der Waals surface area contributed by atoms with Crippen molar-refractivity contribution in [1.29, 1.82) is 0 Å². The quantitative estimate of drug-likeness (QED) is 0.0567. The average Bonchev–Trinajstić information content (AvgIpc) is 2.94. The van der Waals surface area contributed by atoms with Gasteiger partial charge in [-0.1, -0.05) is 205 Å². The van der Waals surface area contributed by atoms with Crippen LogP contribution in [0.25, 0.3) is 0 Å². The third kappa shape index (κ3) is 30.5. The van der Waals surface area contributed by atoms with Crippen LogP contribution in [0.2, 0.25) is 0 Å². The van der Waals surface area contributed by atoms with Crippen molar-refractivity contribution in [2.45, 2.75) is 240 Å². The van der Waals surface area contributed by atoms with Crippen molar-refractivity contribution in [3.05, 3.63) is 11.1 Å². The first-order valence-corrected chi connectivity index (χ1v) is 18.9. The summed E-state index contributed by atoms with van der Waals surface area (Å²) >= 11 is 0. The molecule has 0 aromatic heterocycles. The van der Waals surface area contributed by atoms with E-state index < -0.39 is 0 Å². The Morgan fingerprint density at radius 1 is 0.256 bits per heavy atom. The van der Waals surface area contributed by atoms with Gasteiger partial charge in [-0.3, -0.25) is 0 Å². The Kier molecular flexibility index (Phi) is 33.7. The molecule has 39 heavy (non-hydrogen) atoms. The summed E-state index contributed by atoms with van der Waals surface area (Å²) in [6, 6.07) is 0. The number of rotatable bonds is 33. The van der Waals surface area contributed by atoms with Crippen LogP contribution in [-0.4, -0.2) is 0 Å². The molecule has 0 N–H and O–H groups in total. The number of allylic oxidation sites excluding steroid dienone is 2. The molecule has 0 atom stereocenters. The van der Waals surface area contributed by atoms with Crippen molar-refractivity contribution in [2.24, 2.45) is 0 Å². The van der Waals surface area contributed by atoms with E-state index in [2.05, 4.69) is 27.7 Å². The summed E-state index contributed by atoms with van der Waals surface area (Å²) in [4.78, 5) is 0. The lowest BCUT2D eigenvalue weighted by Crippen LogP contribution is -1.93. The molecule has 234 valence electrons. The number of hydrogen-bond acceptors (Lipinski definition) is 0. The second kappa shape index (κ2) is 33.9. The van der Waals surface area contributed by atoms with E-state index in [-0.39, 0.29) is 0 Å². The monoisotopic (exact) mass is 547 g/mol. The predicted octanol–water partition coefficient (Wildman–Crippen LogP) is 15.2. The van der Waals surface area contributed by atoms with E-state index in [9.17, 15) is 0 Å². The first-order chi connectivity index (χ1) is 19.3. The van der Waals surface area contributed by atoms with Crippen molar-refractivity contribution in [2.75, 3.05) is 0 Å². The minimum absolute atomic E-state index is 1.37. The third-order valence-corrected chi connectivity index (χ3v) is 9.17. The average molecular weight is 547 g/mol. The van der Waals surface area contributed by atoms with Crippen LogP contribution in [-0.2, 0) is 0 Å². The zero-order valence-electron chi connectivity index (χ0n) is 28.3. The van der Waals surface area contributed by atoms with Crippen LogP contribution in [0, 0.1) is 0 Å². The van der Waals surface area contributed by atoms with E-state index in [1.165, 1.54) is 212 Å². The first kappa shape index (κ1) is 38.7. The Hall–Kier alpha value is -0.260. The molecule has 0 aliphatic heterocycles. The Labute approximate surface area is 250 Å². The van der Waals surface area contributed by atoms with Crippen LogP contribution in [0.4, 0.5) is 0 Å². The fourth-order valence-corrected chi connectivity index (χ4v) is 6.26. The smallest absolute Gasteiger partial charge is 0.0318 e. The van der Waals surface area contributed by atoms with Crippen molar-refractivity contribution in [3.8, 4) is 0 Å². The van der Waals surface area contributed by atoms with Crippen molar-refractivity contribution in [1.82, 2.24) is 0 Å². The summed E-state index contributed by atoms with van der Waals surface area (Å²) in [5, 5.41) is 0. The van der Waals surface area contributed by atoms with Crippen LogP contribution in [0.1, 0.15) is 240 Å². The maximum Gasteiger partial charge on any atom is -0.0318 e. The van der Waals surface area contributed by atoms with E-state index in [4.69, 9.17) is 0 Å². The van der Waals surface area contributed by atoms with Crippen LogP contribution in [0.3, 0.4) is 0 Å². The molecular weight excluding hydrogens is 468 g/mol. The molecule has 0 heteroatoms. The highest BCUT2D eigenvalue weighted by molar-refractivity contribution is 5.12. The molecule has 0 aromatic carbocycles. The lowest BCUT2D eigenvalue weighted by molar-refractivity contribution is 0.543. The van der Waals surface area contributed by atoms with E-state index in [0.717, 1.165) is 0 Å². The van der Waals surface area contributed by atoms with E-state index in [0.29, 0.717) is 0 Å². The zero-order valence-corrected chi connectivity index (χ0v) is 28.3. The molecule has 0 saturated heterocycles. The van der Waals surface area contributed by atoms with Gasteiger partial charge in [0.2, 0.25) is 0 Å². The minimum Gasteiger partial charge on any atom is -0.0741 e. The fourth-order valence-electron chi connectivity index (χ4n) is 6.26. The first-order valence-electron chi connectivity index (χ1n) is 18.9. The predicted molar refractivity (Wildman–Crippen MR) is 182 cm³/mol. The third-order valence-electron chi connectivity index (χ3n) is 9.17. The summed E-state index contributed by atoms with van der Waals surface area (Å²) in [5.74, 6) is 0. The Morgan fingerprint density at radius 2 is 0.462 bits per heavy atom. The van der Waals surface area contributed by atoms with Gasteiger partial charge in [-0.05, 0) is 45.4 Å². The standard InChI is InChI=1S/C39H78/c1-5-8-11-14-17-20-23-26-29-32-35-38(4)39(36-33-30-27-24-21-18-15-12-9-6-2)37-34-31-28-25-22-19-16-13-10-7-3/h5-37H2,1-4H3. The molecule has 0 saturated carbocycles. The van der Waals surface area contributed by atoms with Gasteiger partial charge in [-0.2, -0.15) is 0 Å². The second-order valence-electron chi connectivity index (χ2n) is 13.2. The molecule has 0 amide bonds. The van der Waals surface area contributed by atoms with Crippen LogP contribution in [0.5, 0.6) is 0 Å². The maximum absolute atomic E-state index is 2.50. The summed E-state index contributed by atoms with van der Waals surface area (Å²) in [7, 11) is 0. The van der Waals surface area contributed by atoms with Crippen LogP contribution in [0.15, 0.2) is 11.1 Å². The van der Waals surface area contributed by atoms with Crippen molar-refractivity contribution < 1.29 is 0 Å². The van der Waals surface area contributed by atoms with Gasteiger partial charge in [0.25, 0.3) is 0 Å². The molecule has 0 unspecified atom stereocenters. The molecule has 0 bridgehead atoms. The van der Waals surface area contributed by atoms with Gasteiger partial charge < -0.3 is 0 Å². The Bertz CT molecular complexity index is 446. The highest BCUT2D eigenvalue weighted by Crippen LogP contribution is 2.25. The number of unbranched alkanes of at least 4 members (excludes halogenated alkanes) is 27. The maximum atomic E-state index is 2.50. The van der Waals surface area contributed by atoms with Gasteiger partial charge in [-0.25, -0.2) is 0 Å². The Balaban J connectivity index is 4.16. The van der Waals surface area contributed by atoms with Gasteiger partial charge in [0, 0.05) is 0 Å². The molecule has 0 rings (SSSR count). The van der Waals surface area contributed by atoms with E-state index >= 15 is 0 Å². The molecule has 0 spiro atoms. The molecule has 0 aliphatic rings. The normalized spacial score (nSPS) is 11.4. The topological polar surface area (TPSA) is 0 Å². The summed E-state index contributed by atoms with van der Waals surface area (Å²) in [6.45, 7) is 9.45. The number of hydrogen-bond donors (Lipinski definition) is 0. The molecule has 0 fully saturated rings. The molecule has 0 aliphatic carbocycles. The second-order valence-corrected chi connectivity index (χ2v) is 13.2. The molecule has 0 nitrogen and oxygen atoms in total. The molecule has 0 heterocycles. The van der Waals surface area contributed by atoms with Gasteiger partial charge in [0.05, 0.1) is 0 Å². The SMILES string of the molecule is CCCCCCCCCCCCC(C)=C(CCCCCCCCCCCC)CCCCCCCCCCCC. The van der Waals surface area contributed by atoms with Gasteiger partial charge >= 0.3 is 0 Å². The van der Waals surface area contributed by atoms with Crippen molar-refractivity contribution in [3.63, 3.8) is 0 Å². The highest BCUT2D eigenvalue weighted by atomic mass is 14.1. The van der Waals surface area contributed by atoms with Gasteiger partial charge in [-0.15, -0.1) is 0 Å². The van der Waals surface area contributed by atoms with E-state index in [1.54, 1.807) is 5.57 Å². The van der Waals surface area contributed by atoms with E-state index in [1.807, 2.05) is 5.57 Å². The van der Waals surface area contributed by atoms with Crippen LogP contribution < -0.4 is 0 Å².